The first-order chi connectivity index (χ1) is 10.6. The van der Waals surface area contributed by atoms with Crippen molar-refractivity contribution in [1.29, 1.82) is 0 Å². The number of hydrazone groups is 1. The Morgan fingerprint density at radius 3 is 2.68 bits per heavy atom. The van der Waals surface area contributed by atoms with Crippen LogP contribution in [0.1, 0.15) is 28.4 Å². The number of rotatable bonds is 5. The van der Waals surface area contributed by atoms with E-state index in [0.29, 0.717) is 23.5 Å². The Labute approximate surface area is 129 Å². The SMILES string of the molecule is CCOc1cccc(/C=N\NC(=O)c2ccc(C)cc2)c1O. The molecule has 2 rings (SSSR count). The molecule has 0 bridgehead atoms. The van der Waals surface area contributed by atoms with Gasteiger partial charge in [0, 0.05) is 11.1 Å². The van der Waals surface area contributed by atoms with Crippen molar-refractivity contribution in [1.82, 2.24) is 5.43 Å². The number of hydrogen-bond acceptors (Lipinski definition) is 4. The third-order valence-corrected chi connectivity index (χ3v) is 3.01. The van der Waals surface area contributed by atoms with Crippen LogP contribution in [-0.2, 0) is 0 Å². The molecule has 2 aromatic rings. The van der Waals surface area contributed by atoms with E-state index in [-0.39, 0.29) is 11.7 Å². The van der Waals surface area contributed by atoms with Gasteiger partial charge in [0.05, 0.1) is 12.8 Å². The van der Waals surface area contributed by atoms with E-state index in [9.17, 15) is 9.90 Å². The van der Waals surface area contributed by atoms with Crippen LogP contribution in [0.3, 0.4) is 0 Å². The summed E-state index contributed by atoms with van der Waals surface area (Å²) in [6.45, 7) is 4.24. The standard InChI is InChI=1S/C17H18N2O3/c1-3-22-15-6-4-5-14(16(15)20)11-18-19-17(21)13-9-7-12(2)8-10-13/h4-11,20H,3H2,1-2H3,(H,19,21)/b18-11-. The predicted molar refractivity (Wildman–Crippen MR) is 85.5 cm³/mol. The Morgan fingerprint density at radius 2 is 2.00 bits per heavy atom. The summed E-state index contributed by atoms with van der Waals surface area (Å²) in [4.78, 5) is 11.9. The van der Waals surface area contributed by atoms with Gasteiger partial charge in [0.15, 0.2) is 11.5 Å². The molecular weight excluding hydrogens is 280 g/mol. The molecule has 0 atom stereocenters. The third kappa shape index (κ3) is 3.85. The Balaban J connectivity index is 2.05. The van der Waals surface area contributed by atoms with E-state index in [0.717, 1.165) is 5.56 Å². The van der Waals surface area contributed by atoms with Gasteiger partial charge in [-0.25, -0.2) is 5.43 Å². The molecule has 0 heterocycles. The fourth-order valence-electron chi connectivity index (χ4n) is 1.85. The van der Waals surface area contributed by atoms with Gasteiger partial charge in [-0.05, 0) is 38.1 Å². The van der Waals surface area contributed by atoms with Crippen molar-refractivity contribution in [3.63, 3.8) is 0 Å². The van der Waals surface area contributed by atoms with Crippen LogP contribution in [0.4, 0.5) is 0 Å². The van der Waals surface area contributed by atoms with Crippen molar-refractivity contribution >= 4 is 12.1 Å². The molecule has 22 heavy (non-hydrogen) atoms. The number of carbonyl (C=O) groups is 1. The van der Waals surface area contributed by atoms with Gasteiger partial charge >= 0.3 is 0 Å². The summed E-state index contributed by atoms with van der Waals surface area (Å²) in [7, 11) is 0. The fraction of sp³-hybridized carbons (Fsp3) is 0.176. The molecule has 0 radical (unpaired) electrons. The highest BCUT2D eigenvalue weighted by molar-refractivity contribution is 5.95. The number of phenols is 1. The third-order valence-electron chi connectivity index (χ3n) is 3.01. The maximum absolute atomic E-state index is 11.9. The van der Waals surface area contributed by atoms with Gasteiger partial charge in [-0.2, -0.15) is 5.10 Å². The van der Waals surface area contributed by atoms with Gasteiger partial charge in [-0.15, -0.1) is 0 Å². The van der Waals surface area contributed by atoms with Gasteiger partial charge in [0.1, 0.15) is 0 Å². The Hall–Kier alpha value is -2.82. The van der Waals surface area contributed by atoms with E-state index in [1.165, 1.54) is 6.21 Å². The fourth-order valence-corrected chi connectivity index (χ4v) is 1.85. The Kier molecular flexibility index (Phi) is 5.14. The summed E-state index contributed by atoms with van der Waals surface area (Å²) in [5.41, 5.74) is 4.50. The largest absolute Gasteiger partial charge is 0.504 e. The summed E-state index contributed by atoms with van der Waals surface area (Å²) < 4.78 is 5.29. The van der Waals surface area contributed by atoms with E-state index < -0.39 is 0 Å². The van der Waals surface area contributed by atoms with Gasteiger partial charge in [-0.1, -0.05) is 23.8 Å². The average Bonchev–Trinajstić information content (AvgIpc) is 2.51. The Bertz CT molecular complexity index is 679. The smallest absolute Gasteiger partial charge is 0.271 e. The van der Waals surface area contributed by atoms with Crippen LogP contribution in [0.25, 0.3) is 0 Å². The molecule has 0 aliphatic heterocycles. The molecule has 1 amide bonds. The average molecular weight is 298 g/mol. The lowest BCUT2D eigenvalue weighted by molar-refractivity contribution is 0.0955. The van der Waals surface area contributed by atoms with E-state index in [1.807, 2.05) is 26.0 Å². The first-order valence-corrected chi connectivity index (χ1v) is 6.96. The van der Waals surface area contributed by atoms with Crippen LogP contribution in [0.5, 0.6) is 11.5 Å². The first-order valence-electron chi connectivity index (χ1n) is 6.96. The Morgan fingerprint density at radius 1 is 1.27 bits per heavy atom. The molecule has 0 aromatic heterocycles. The number of nitrogens with zero attached hydrogens (tertiary/aromatic N) is 1. The van der Waals surface area contributed by atoms with E-state index in [4.69, 9.17) is 4.74 Å². The maximum Gasteiger partial charge on any atom is 0.271 e. The van der Waals surface area contributed by atoms with Crippen molar-refractivity contribution in [3.05, 3.63) is 59.2 Å². The molecule has 2 aromatic carbocycles. The molecule has 5 heteroatoms. The van der Waals surface area contributed by atoms with E-state index in [2.05, 4.69) is 10.5 Å². The molecule has 0 saturated carbocycles. The van der Waals surface area contributed by atoms with E-state index in [1.54, 1.807) is 30.3 Å². The monoisotopic (exact) mass is 298 g/mol. The predicted octanol–water partition coefficient (Wildman–Crippen LogP) is 2.86. The van der Waals surface area contributed by atoms with Crippen molar-refractivity contribution in [2.45, 2.75) is 13.8 Å². The minimum atomic E-state index is -0.309. The number of nitrogens with one attached hydrogen (secondary N) is 1. The molecule has 2 N–H and O–H groups in total. The molecular formula is C17H18N2O3. The van der Waals surface area contributed by atoms with Crippen LogP contribution in [-0.4, -0.2) is 23.8 Å². The number of aromatic hydroxyl groups is 1. The van der Waals surface area contributed by atoms with E-state index >= 15 is 0 Å². The van der Waals surface area contributed by atoms with Crippen molar-refractivity contribution in [2.75, 3.05) is 6.61 Å². The number of ether oxygens (including phenoxy) is 1. The molecule has 5 nitrogen and oxygen atoms in total. The molecule has 0 aliphatic rings. The molecule has 0 saturated heterocycles. The molecule has 0 aliphatic carbocycles. The number of aryl methyl sites for hydroxylation is 1. The molecule has 0 fully saturated rings. The highest BCUT2D eigenvalue weighted by Crippen LogP contribution is 2.28. The second-order valence-corrected chi connectivity index (χ2v) is 4.69. The summed E-state index contributed by atoms with van der Waals surface area (Å²) in [6, 6.07) is 12.3. The number of carbonyl (C=O) groups excluding carboxylic acids is 1. The van der Waals surface area contributed by atoms with Crippen molar-refractivity contribution in [3.8, 4) is 11.5 Å². The normalized spacial score (nSPS) is 10.6. The zero-order valence-electron chi connectivity index (χ0n) is 12.5. The minimum Gasteiger partial charge on any atom is -0.504 e. The summed E-state index contributed by atoms with van der Waals surface area (Å²) in [6.07, 6.45) is 1.38. The second kappa shape index (κ2) is 7.26. The lowest BCUT2D eigenvalue weighted by Crippen LogP contribution is -2.17. The van der Waals surface area contributed by atoms with Crippen molar-refractivity contribution < 1.29 is 14.6 Å². The first kappa shape index (κ1) is 15.6. The van der Waals surface area contributed by atoms with Crippen molar-refractivity contribution in [2.24, 2.45) is 5.10 Å². The van der Waals surface area contributed by atoms with Crippen LogP contribution >= 0.6 is 0 Å². The van der Waals surface area contributed by atoms with Gasteiger partial charge in [0.2, 0.25) is 0 Å². The molecule has 0 unspecified atom stereocenters. The minimum absolute atomic E-state index is 0.00214. The topological polar surface area (TPSA) is 70.9 Å². The summed E-state index contributed by atoms with van der Waals surface area (Å²) in [5, 5.41) is 13.9. The number of amides is 1. The summed E-state index contributed by atoms with van der Waals surface area (Å²) in [5.74, 6) is 0.0747. The van der Waals surface area contributed by atoms with Gasteiger partial charge in [0.25, 0.3) is 5.91 Å². The second-order valence-electron chi connectivity index (χ2n) is 4.69. The van der Waals surface area contributed by atoms with Crippen LogP contribution in [0.15, 0.2) is 47.6 Å². The van der Waals surface area contributed by atoms with Crippen LogP contribution in [0, 0.1) is 6.92 Å². The molecule has 0 spiro atoms. The summed E-state index contributed by atoms with van der Waals surface area (Å²) >= 11 is 0. The van der Waals surface area contributed by atoms with Gasteiger partial charge < -0.3 is 9.84 Å². The number of hydrogen-bond donors (Lipinski definition) is 2. The lowest BCUT2D eigenvalue weighted by Gasteiger charge is -2.07. The lowest BCUT2D eigenvalue weighted by atomic mass is 10.1. The number of benzene rings is 2. The highest BCUT2D eigenvalue weighted by Gasteiger charge is 2.06. The zero-order valence-corrected chi connectivity index (χ0v) is 12.5. The van der Waals surface area contributed by atoms with Crippen LogP contribution < -0.4 is 10.2 Å². The number of para-hydroxylation sites is 1. The maximum atomic E-state index is 11.9. The zero-order chi connectivity index (χ0) is 15.9. The van der Waals surface area contributed by atoms with Crippen LogP contribution in [0.2, 0.25) is 0 Å². The quantitative estimate of drug-likeness (QED) is 0.658. The van der Waals surface area contributed by atoms with Gasteiger partial charge in [-0.3, -0.25) is 4.79 Å². The highest BCUT2D eigenvalue weighted by atomic mass is 16.5. The molecule has 114 valence electrons. The number of phenolic OH excluding ortho intramolecular Hbond substituents is 1.